The highest BCUT2D eigenvalue weighted by atomic mass is 19.1. The molecule has 4 rings (SSSR count). The first kappa shape index (κ1) is 18.8. The Morgan fingerprint density at radius 1 is 0.893 bits per heavy atom. The van der Waals surface area contributed by atoms with Gasteiger partial charge in [-0.15, -0.1) is 0 Å². The van der Waals surface area contributed by atoms with Gasteiger partial charge in [0.2, 0.25) is 0 Å². The minimum Gasteiger partial charge on any atom is -0.302 e. The van der Waals surface area contributed by atoms with E-state index < -0.39 is 0 Å². The van der Waals surface area contributed by atoms with E-state index in [4.69, 9.17) is 4.98 Å². The number of halogens is 1. The van der Waals surface area contributed by atoms with Crippen LogP contribution in [0, 0.1) is 5.82 Å². The maximum absolute atomic E-state index is 13.1. The van der Waals surface area contributed by atoms with E-state index in [2.05, 4.69) is 47.4 Å². The Kier molecular flexibility index (Phi) is 6.13. The Morgan fingerprint density at radius 3 is 2.43 bits per heavy atom. The van der Waals surface area contributed by atoms with Crippen molar-refractivity contribution in [1.82, 2.24) is 9.88 Å². The molecule has 2 heterocycles. The van der Waals surface area contributed by atoms with Gasteiger partial charge in [0.25, 0.3) is 0 Å². The molecular formula is C25H27FN2. The standard InChI is InChI=1S/C25H27FN2/c26-24-11-8-21(9-12-24)17-22-10-13-25(27-18-22)23-7-4-15-28(19-23)16-14-20-5-2-1-3-6-20/h1-3,5-6,8-13,18,23H,4,7,14-17,19H2/t23-/m1/s1. The summed E-state index contributed by atoms with van der Waals surface area (Å²) in [5.74, 6) is 0.329. The van der Waals surface area contributed by atoms with Gasteiger partial charge in [0.05, 0.1) is 0 Å². The first-order valence-electron chi connectivity index (χ1n) is 10.2. The number of pyridine rings is 1. The van der Waals surface area contributed by atoms with Crippen LogP contribution in [0.5, 0.6) is 0 Å². The van der Waals surface area contributed by atoms with Crippen molar-refractivity contribution in [3.05, 3.63) is 101 Å². The SMILES string of the molecule is Fc1ccc(Cc2ccc([C@@H]3CCCN(CCc4ccccc4)C3)nc2)cc1. The van der Waals surface area contributed by atoms with Gasteiger partial charge < -0.3 is 4.90 Å². The lowest BCUT2D eigenvalue weighted by Gasteiger charge is -2.32. The molecule has 0 N–H and O–H groups in total. The van der Waals surface area contributed by atoms with E-state index in [-0.39, 0.29) is 5.82 Å². The second-order valence-electron chi connectivity index (χ2n) is 7.77. The normalized spacial score (nSPS) is 17.5. The lowest BCUT2D eigenvalue weighted by atomic mass is 9.93. The predicted molar refractivity (Wildman–Crippen MR) is 112 cm³/mol. The van der Waals surface area contributed by atoms with Gasteiger partial charge in [0.15, 0.2) is 0 Å². The van der Waals surface area contributed by atoms with Crippen molar-refractivity contribution >= 4 is 0 Å². The van der Waals surface area contributed by atoms with Crippen molar-refractivity contribution in [2.45, 2.75) is 31.6 Å². The van der Waals surface area contributed by atoms with Crippen LogP contribution in [0.15, 0.2) is 72.9 Å². The molecule has 0 bridgehead atoms. The van der Waals surface area contributed by atoms with Gasteiger partial charge in [-0.3, -0.25) is 4.98 Å². The van der Waals surface area contributed by atoms with E-state index in [0.29, 0.717) is 5.92 Å². The van der Waals surface area contributed by atoms with Crippen LogP contribution < -0.4 is 0 Å². The second-order valence-corrected chi connectivity index (χ2v) is 7.77. The molecule has 0 aliphatic carbocycles. The Hall–Kier alpha value is -2.52. The second kappa shape index (κ2) is 9.11. The summed E-state index contributed by atoms with van der Waals surface area (Å²) in [7, 11) is 0. The molecule has 0 amide bonds. The van der Waals surface area contributed by atoms with Crippen LogP contribution in [0.1, 0.15) is 41.1 Å². The summed E-state index contributed by atoms with van der Waals surface area (Å²) in [6, 6.07) is 21.8. The van der Waals surface area contributed by atoms with Gasteiger partial charge in [-0.2, -0.15) is 0 Å². The number of hydrogen-bond acceptors (Lipinski definition) is 2. The summed E-state index contributed by atoms with van der Waals surface area (Å²) in [5, 5.41) is 0. The molecule has 1 aromatic heterocycles. The number of nitrogens with zero attached hydrogens (tertiary/aromatic N) is 2. The fraction of sp³-hybridized carbons (Fsp3) is 0.320. The van der Waals surface area contributed by atoms with Gasteiger partial charge >= 0.3 is 0 Å². The number of aromatic nitrogens is 1. The molecule has 0 saturated carbocycles. The van der Waals surface area contributed by atoms with Crippen LogP contribution in [0.25, 0.3) is 0 Å². The highest BCUT2D eigenvalue weighted by molar-refractivity contribution is 5.26. The lowest BCUT2D eigenvalue weighted by Crippen LogP contribution is -2.36. The van der Waals surface area contributed by atoms with Crippen molar-refractivity contribution in [1.29, 1.82) is 0 Å². The van der Waals surface area contributed by atoms with Gasteiger partial charge in [0.1, 0.15) is 5.82 Å². The lowest BCUT2D eigenvalue weighted by molar-refractivity contribution is 0.208. The third kappa shape index (κ3) is 5.05. The van der Waals surface area contributed by atoms with Crippen molar-refractivity contribution in [2.75, 3.05) is 19.6 Å². The van der Waals surface area contributed by atoms with Crippen LogP contribution in [0.4, 0.5) is 4.39 Å². The summed E-state index contributed by atoms with van der Waals surface area (Å²) in [5.41, 5.74) is 4.90. The minimum absolute atomic E-state index is 0.189. The first-order chi connectivity index (χ1) is 13.8. The maximum atomic E-state index is 13.1. The third-order valence-electron chi connectivity index (χ3n) is 5.65. The summed E-state index contributed by atoms with van der Waals surface area (Å²) >= 11 is 0. The van der Waals surface area contributed by atoms with Crippen molar-refractivity contribution in [2.24, 2.45) is 0 Å². The Labute approximate surface area is 167 Å². The predicted octanol–water partition coefficient (Wildman–Crippen LogP) is 5.23. The van der Waals surface area contributed by atoms with Crippen molar-refractivity contribution < 1.29 is 4.39 Å². The molecule has 3 aromatic rings. The van der Waals surface area contributed by atoms with Crippen molar-refractivity contribution in [3.63, 3.8) is 0 Å². The minimum atomic E-state index is -0.189. The van der Waals surface area contributed by atoms with E-state index in [1.165, 1.54) is 48.3 Å². The summed E-state index contributed by atoms with van der Waals surface area (Å²) in [4.78, 5) is 7.35. The maximum Gasteiger partial charge on any atom is 0.123 e. The van der Waals surface area contributed by atoms with E-state index in [9.17, 15) is 4.39 Å². The average Bonchev–Trinajstić information content (AvgIpc) is 2.75. The van der Waals surface area contributed by atoms with Gasteiger partial charge in [-0.1, -0.05) is 48.5 Å². The van der Waals surface area contributed by atoms with Crippen LogP contribution in [0.2, 0.25) is 0 Å². The average molecular weight is 375 g/mol. The smallest absolute Gasteiger partial charge is 0.123 e. The fourth-order valence-electron chi connectivity index (χ4n) is 4.05. The topological polar surface area (TPSA) is 16.1 Å². The zero-order chi connectivity index (χ0) is 19.2. The molecule has 0 spiro atoms. The summed E-state index contributed by atoms with van der Waals surface area (Å²) in [6.45, 7) is 3.40. The molecule has 1 atom stereocenters. The number of piperidine rings is 1. The molecule has 1 aliphatic rings. The molecule has 3 heteroatoms. The molecule has 2 nitrogen and oxygen atoms in total. The fourth-order valence-corrected chi connectivity index (χ4v) is 4.05. The van der Waals surface area contributed by atoms with E-state index in [1.807, 2.05) is 18.3 Å². The van der Waals surface area contributed by atoms with E-state index in [1.54, 1.807) is 0 Å². The molecule has 0 unspecified atom stereocenters. The molecule has 0 radical (unpaired) electrons. The van der Waals surface area contributed by atoms with E-state index in [0.717, 1.165) is 31.5 Å². The zero-order valence-electron chi connectivity index (χ0n) is 16.2. The summed E-state index contributed by atoms with van der Waals surface area (Å²) < 4.78 is 13.1. The number of benzene rings is 2. The van der Waals surface area contributed by atoms with Crippen LogP contribution in [-0.4, -0.2) is 29.5 Å². The Morgan fingerprint density at radius 2 is 1.68 bits per heavy atom. The largest absolute Gasteiger partial charge is 0.302 e. The molecule has 144 valence electrons. The highest BCUT2D eigenvalue weighted by Gasteiger charge is 2.22. The van der Waals surface area contributed by atoms with Crippen LogP contribution >= 0.6 is 0 Å². The van der Waals surface area contributed by atoms with Gasteiger partial charge in [-0.05, 0) is 67.1 Å². The number of rotatable bonds is 6. The summed E-state index contributed by atoms with van der Waals surface area (Å²) in [6.07, 6.45) is 6.34. The molecular weight excluding hydrogens is 347 g/mol. The van der Waals surface area contributed by atoms with E-state index >= 15 is 0 Å². The van der Waals surface area contributed by atoms with Crippen LogP contribution in [-0.2, 0) is 12.8 Å². The molecule has 1 saturated heterocycles. The van der Waals surface area contributed by atoms with Crippen molar-refractivity contribution in [3.8, 4) is 0 Å². The molecule has 28 heavy (non-hydrogen) atoms. The number of likely N-dealkylation sites (tertiary alicyclic amines) is 1. The monoisotopic (exact) mass is 374 g/mol. The highest BCUT2D eigenvalue weighted by Crippen LogP contribution is 2.26. The molecule has 1 aliphatic heterocycles. The quantitative estimate of drug-likeness (QED) is 0.587. The Balaban J connectivity index is 1.33. The third-order valence-corrected chi connectivity index (χ3v) is 5.65. The zero-order valence-corrected chi connectivity index (χ0v) is 16.2. The number of hydrogen-bond donors (Lipinski definition) is 0. The van der Waals surface area contributed by atoms with Crippen LogP contribution in [0.3, 0.4) is 0 Å². The molecule has 2 aromatic carbocycles. The first-order valence-corrected chi connectivity index (χ1v) is 10.2. The van der Waals surface area contributed by atoms with Gasteiger partial charge in [-0.25, -0.2) is 4.39 Å². The Bertz CT molecular complexity index is 859. The van der Waals surface area contributed by atoms with Gasteiger partial charge in [0, 0.05) is 30.9 Å². The molecule has 1 fully saturated rings.